The Morgan fingerprint density at radius 1 is 1.22 bits per heavy atom. The predicted molar refractivity (Wildman–Crippen MR) is 124 cm³/mol. The van der Waals surface area contributed by atoms with Gasteiger partial charge in [-0.15, -0.1) is 0 Å². The van der Waals surface area contributed by atoms with E-state index in [0.717, 1.165) is 22.0 Å². The van der Waals surface area contributed by atoms with Crippen molar-refractivity contribution in [2.45, 2.75) is 38.2 Å². The molecule has 4 heterocycles. The second kappa shape index (κ2) is 7.83. The number of para-hydroxylation sites is 1. The maximum Gasteiger partial charge on any atom is 0.165 e. The molecule has 1 saturated heterocycles. The van der Waals surface area contributed by atoms with E-state index in [-0.39, 0.29) is 17.4 Å². The van der Waals surface area contributed by atoms with E-state index in [4.69, 9.17) is 10.7 Å². The van der Waals surface area contributed by atoms with E-state index in [1.54, 1.807) is 16.9 Å². The van der Waals surface area contributed by atoms with Crippen LogP contribution in [0, 0.1) is 0 Å². The van der Waals surface area contributed by atoms with Crippen molar-refractivity contribution in [3.05, 3.63) is 54.0 Å². The number of pyridine rings is 1. The molecule has 0 saturated carbocycles. The van der Waals surface area contributed by atoms with Gasteiger partial charge in [-0.05, 0) is 31.4 Å². The summed E-state index contributed by atoms with van der Waals surface area (Å²) in [7, 11) is -3.02. The molecule has 5 rings (SSSR count). The zero-order chi connectivity index (χ0) is 22.5. The van der Waals surface area contributed by atoms with Crippen LogP contribution in [0.1, 0.15) is 49.5 Å². The highest BCUT2D eigenvalue weighted by Gasteiger charge is 2.31. The Morgan fingerprint density at radius 2 is 1.97 bits per heavy atom. The summed E-state index contributed by atoms with van der Waals surface area (Å²) in [5, 5.41) is 16.2. The number of rotatable bonds is 4. The molecule has 9 heteroatoms. The fourth-order valence-corrected chi connectivity index (χ4v) is 5.98. The number of aliphatic hydroxyl groups is 1. The van der Waals surface area contributed by atoms with Gasteiger partial charge >= 0.3 is 0 Å². The van der Waals surface area contributed by atoms with Crippen molar-refractivity contribution in [2.75, 3.05) is 17.2 Å². The van der Waals surface area contributed by atoms with Crippen LogP contribution >= 0.6 is 0 Å². The molecule has 166 valence electrons. The van der Waals surface area contributed by atoms with Gasteiger partial charge in [-0.25, -0.2) is 13.4 Å². The van der Waals surface area contributed by atoms with Crippen LogP contribution < -0.4 is 5.73 Å². The highest BCUT2D eigenvalue weighted by Crippen LogP contribution is 2.38. The molecule has 0 radical (unpaired) electrons. The first kappa shape index (κ1) is 20.8. The number of fused-ring (bicyclic) bond motifs is 2. The van der Waals surface area contributed by atoms with Crippen LogP contribution in [0.2, 0.25) is 0 Å². The molecule has 3 aromatic heterocycles. The molecule has 1 aliphatic rings. The first-order chi connectivity index (χ1) is 15.4. The Balaban J connectivity index is 1.69. The molecule has 4 aromatic rings. The molecular weight excluding hydrogens is 426 g/mol. The third kappa shape index (κ3) is 3.51. The summed E-state index contributed by atoms with van der Waals surface area (Å²) in [5.74, 6) is 0.492. The van der Waals surface area contributed by atoms with Crippen molar-refractivity contribution in [3.8, 4) is 11.1 Å². The van der Waals surface area contributed by atoms with Crippen molar-refractivity contribution in [1.82, 2.24) is 19.6 Å². The van der Waals surface area contributed by atoms with E-state index >= 15 is 0 Å². The molecule has 1 atom stereocenters. The summed E-state index contributed by atoms with van der Waals surface area (Å²) in [6, 6.07) is 9.92. The number of nitrogen functional groups attached to an aromatic ring is 1. The molecule has 0 spiro atoms. The van der Waals surface area contributed by atoms with Gasteiger partial charge in [0.15, 0.2) is 5.65 Å². The summed E-state index contributed by atoms with van der Waals surface area (Å²) >= 11 is 0. The van der Waals surface area contributed by atoms with Gasteiger partial charge < -0.3 is 10.8 Å². The summed E-state index contributed by atoms with van der Waals surface area (Å²) in [5.41, 5.74) is 10.9. The van der Waals surface area contributed by atoms with Crippen molar-refractivity contribution < 1.29 is 13.5 Å². The minimum Gasteiger partial charge on any atom is -0.388 e. The number of sulfone groups is 1. The molecule has 32 heavy (non-hydrogen) atoms. The Hall–Kier alpha value is -3.04. The van der Waals surface area contributed by atoms with Crippen LogP contribution in [-0.4, -0.2) is 44.6 Å². The molecule has 1 unspecified atom stereocenters. The quantitative estimate of drug-likeness (QED) is 0.488. The number of nitrogens with zero attached hydrogens (tertiary/aromatic N) is 4. The maximum absolute atomic E-state index is 12.0. The Morgan fingerprint density at radius 3 is 2.72 bits per heavy atom. The molecule has 0 amide bonds. The van der Waals surface area contributed by atoms with Gasteiger partial charge in [0.25, 0.3) is 0 Å². The minimum atomic E-state index is -3.02. The average molecular weight is 452 g/mol. The lowest BCUT2D eigenvalue weighted by molar-refractivity contribution is 0.171. The number of nitrogens with two attached hydrogens (primary N) is 1. The van der Waals surface area contributed by atoms with Gasteiger partial charge in [0.2, 0.25) is 0 Å². The third-order valence-corrected chi connectivity index (χ3v) is 8.03. The zero-order valence-corrected chi connectivity index (χ0v) is 18.6. The molecule has 1 fully saturated rings. The molecule has 1 aliphatic heterocycles. The lowest BCUT2D eigenvalue weighted by Gasteiger charge is -2.26. The molecular formula is C23H25N5O3S. The third-order valence-electron chi connectivity index (χ3n) is 6.31. The highest BCUT2D eigenvalue weighted by atomic mass is 32.2. The van der Waals surface area contributed by atoms with Crippen molar-refractivity contribution in [2.24, 2.45) is 0 Å². The summed E-state index contributed by atoms with van der Waals surface area (Å²) in [6.07, 6.45) is 4.11. The number of hydrogen-bond donors (Lipinski definition) is 2. The van der Waals surface area contributed by atoms with Gasteiger partial charge in [-0.1, -0.05) is 25.1 Å². The number of benzene rings is 1. The topological polar surface area (TPSA) is 123 Å². The predicted octanol–water partition coefficient (Wildman–Crippen LogP) is 3.26. The van der Waals surface area contributed by atoms with Gasteiger partial charge in [0.1, 0.15) is 15.7 Å². The molecule has 0 bridgehead atoms. The van der Waals surface area contributed by atoms with Crippen molar-refractivity contribution in [3.63, 3.8) is 0 Å². The van der Waals surface area contributed by atoms with Crippen LogP contribution in [0.5, 0.6) is 0 Å². The first-order valence-electron chi connectivity index (χ1n) is 10.8. The smallest absolute Gasteiger partial charge is 0.165 e. The lowest BCUT2D eigenvalue weighted by atomic mass is 9.91. The average Bonchev–Trinajstić information content (AvgIpc) is 3.22. The monoisotopic (exact) mass is 451 g/mol. The van der Waals surface area contributed by atoms with E-state index < -0.39 is 15.9 Å². The van der Waals surface area contributed by atoms with Crippen molar-refractivity contribution in [1.29, 1.82) is 0 Å². The maximum atomic E-state index is 12.0. The second-order valence-corrected chi connectivity index (χ2v) is 10.7. The molecule has 1 aromatic carbocycles. The Labute approximate surface area is 186 Å². The highest BCUT2D eigenvalue weighted by molar-refractivity contribution is 7.91. The van der Waals surface area contributed by atoms with Crippen LogP contribution in [0.15, 0.2) is 42.7 Å². The van der Waals surface area contributed by atoms with Crippen molar-refractivity contribution >= 4 is 32.2 Å². The SMILES string of the molecule is CCC(O)c1c(C2CCS(=O)(=O)CC2)nc2c(-c3cnc4ccccc4c3)cnn2c1N. The van der Waals surface area contributed by atoms with Gasteiger partial charge in [0, 0.05) is 34.2 Å². The van der Waals surface area contributed by atoms with Crippen LogP contribution in [0.3, 0.4) is 0 Å². The van der Waals surface area contributed by atoms with Crippen LogP contribution in [-0.2, 0) is 9.84 Å². The van der Waals surface area contributed by atoms with E-state index in [0.29, 0.717) is 42.0 Å². The Kier molecular flexibility index (Phi) is 5.10. The number of aromatic nitrogens is 4. The van der Waals surface area contributed by atoms with E-state index in [2.05, 4.69) is 10.1 Å². The number of anilines is 1. The van der Waals surface area contributed by atoms with E-state index in [1.807, 2.05) is 37.3 Å². The normalized spacial score (nSPS) is 17.7. The minimum absolute atomic E-state index is 0.0838. The van der Waals surface area contributed by atoms with E-state index in [1.165, 1.54) is 0 Å². The number of hydrogen-bond acceptors (Lipinski definition) is 7. The fourth-order valence-electron chi connectivity index (χ4n) is 4.49. The van der Waals surface area contributed by atoms with E-state index in [9.17, 15) is 13.5 Å². The summed E-state index contributed by atoms with van der Waals surface area (Å²) < 4.78 is 25.5. The standard InChI is InChI=1S/C23H25N5O3S/c1-2-19(29)20-21(14-7-9-32(30,31)10-8-14)27-23-17(13-26-28(23)22(20)24)16-11-15-5-3-4-6-18(15)25-12-16/h3-6,11-14,19,29H,2,7-10,24H2,1H3. The second-order valence-electron chi connectivity index (χ2n) is 8.36. The lowest BCUT2D eigenvalue weighted by Crippen LogP contribution is -2.25. The van der Waals surface area contributed by atoms with Gasteiger partial charge in [-0.2, -0.15) is 9.61 Å². The molecule has 3 N–H and O–H groups in total. The summed E-state index contributed by atoms with van der Waals surface area (Å²) in [4.78, 5) is 9.48. The Bertz CT molecular complexity index is 1420. The summed E-state index contributed by atoms with van der Waals surface area (Å²) in [6.45, 7) is 1.87. The molecule has 0 aliphatic carbocycles. The zero-order valence-electron chi connectivity index (χ0n) is 17.8. The van der Waals surface area contributed by atoms with Gasteiger partial charge in [0.05, 0.1) is 35.0 Å². The largest absolute Gasteiger partial charge is 0.388 e. The van der Waals surface area contributed by atoms with Gasteiger partial charge in [-0.3, -0.25) is 4.98 Å². The van der Waals surface area contributed by atoms with Crippen LogP contribution in [0.4, 0.5) is 5.82 Å². The fraction of sp³-hybridized carbons (Fsp3) is 0.348. The molecule has 8 nitrogen and oxygen atoms in total. The van der Waals surface area contributed by atoms with Crippen LogP contribution in [0.25, 0.3) is 27.7 Å². The number of aliphatic hydroxyl groups excluding tert-OH is 1. The first-order valence-corrected chi connectivity index (χ1v) is 12.6.